The van der Waals surface area contributed by atoms with E-state index in [4.69, 9.17) is 17.0 Å². The second-order valence-corrected chi connectivity index (χ2v) is 8.90. The number of hydrogen-bond donors (Lipinski definition) is 3. The molecule has 1 fully saturated rings. The Bertz CT molecular complexity index is 1080. The molecule has 0 spiro atoms. The van der Waals surface area contributed by atoms with Crippen LogP contribution in [0.4, 0.5) is 11.4 Å². The molecule has 12 heteroatoms. The van der Waals surface area contributed by atoms with E-state index in [0.717, 1.165) is 18.9 Å². The summed E-state index contributed by atoms with van der Waals surface area (Å²) in [5.74, 6) is -0.612. The zero-order valence-corrected chi connectivity index (χ0v) is 17.9. The first-order valence-corrected chi connectivity index (χ1v) is 11.2. The maximum Gasteiger partial charge on any atom is 0.270 e. The second kappa shape index (κ2) is 9.92. The van der Waals surface area contributed by atoms with Gasteiger partial charge in [-0.1, -0.05) is 6.07 Å². The van der Waals surface area contributed by atoms with Gasteiger partial charge in [-0.2, -0.15) is 0 Å². The molecular formula is C19H20N4O6S2. The highest BCUT2D eigenvalue weighted by molar-refractivity contribution is 7.89. The average molecular weight is 465 g/mol. The van der Waals surface area contributed by atoms with Crippen molar-refractivity contribution in [2.24, 2.45) is 0 Å². The molecule has 1 aliphatic heterocycles. The van der Waals surface area contributed by atoms with Gasteiger partial charge in [0, 0.05) is 36.5 Å². The predicted octanol–water partition coefficient (Wildman–Crippen LogP) is 2.18. The van der Waals surface area contributed by atoms with E-state index in [1.807, 2.05) is 0 Å². The Morgan fingerprint density at radius 3 is 2.61 bits per heavy atom. The highest BCUT2D eigenvalue weighted by Crippen LogP contribution is 2.16. The fourth-order valence-electron chi connectivity index (χ4n) is 2.91. The summed E-state index contributed by atoms with van der Waals surface area (Å²) in [7, 11) is -3.67. The predicted molar refractivity (Wildman–Crippen MR) is 117 cm³/mol. The molecule has 1 atom stereocenters. The molecular weight excluding hydrogens is 444 g/mol. The van der Waals surface area contributed by atoms with Crippen LogP contribution in [0, 0.1) is 10.1 Å². The summed E-state index contributed by atoms with van der Waals surface area (Å²) in [6.07, 6.45) is 1.64. The number of nitro groups is 1. The van der Waals surface area contributed by atoms with Crippen LogP contribution in [0.3, 0.4) is 0 Å². The van der Waals surface area contributed by atoms with Crippen LogP contribution in [-0.4, -0.2) is 43.6 Å². The van der Waals surface area contributed by atoms with Crippen LogP contribution in [0.5, 0.6) is 0 Å². The van der Waals surface area contributed by atoms with Gasteiger partial charge in [-0.25, -0.2) is 13.1 Å². The molecule has 2 aromatic carbocycles. The van der Waals surface area contributed by atoms with Gasteiger partial charge in [-0.3, -0.25) is 20.2 Å². The van der Waals surface area contributed by atoms with Crippen molar-refractivity contribution in [1.82, 2.24) is 10.0 Å². The van der Waals surface area contributed by atoms with Crippen LogP contribution in [0.25, 0.3) is 0 Å². The fraction of sp³-hybridized carbons (Fsp3) is 0.263. The molecule has 31 heavy (non-hydrogen) atoms. The molecule has 1 heterocycles. The van der Waals surface area contributed by atoms with Gasteiger partial charge in [0.25, 0.3) is 11.6 Å². The number of carbonyl (C=O) groups is 1. The highest BCUT2D eigenvalue weighted by Gasteiger charge is 2.20. The van der Waals surface area contributed by atoms with Gasteiger partial charge in [-0.05, 0) is 55.4 Å². The van der Waals surface area contributed by atoms with Crippen molar-refractivity contribution in [1.29, 1.82) is 0 Å². The lowest BCUT2D eigenvalue weighted by Crippen LogP contribution is -2.34. The number of hydrogen-bond acceptors (Lipinski definition) is 7. The largest absolute Gasteiger partial charge is 0.377 e. The lowest BCUT2D eigenvalue weighted by Gasteiger charge is -2.12. The van der Waals surface area contributed by atoms with E-state index in [9.17, 15) is 23.3 Å². The zero-order valence-electron chi connectivity index (χ0n) is 16.2. The van der Waals surface area contributed by atoms with Crippen molar-refractivity contribution in [2.75, 3.05) is 18.5 Å². The Balaban J connectivity index is 1.56. The van der Waals surface area contributed by atoms with E-state index in [-0.39, 0.29) is 33.9 Å². The Hall–Kier alpha value is -2.93. The van der Waals surface area contributed by atoms with Gasteiger partial charge in [0.15, 0.2) is 5.11 Å². The molecule has 1 unspecified atom stereocenters. The lowest BCUT2D eigenvalue weighted by molar-refractivity contribution is -0.384. The van der Waals surface area contributed by atoms with Gasteiger partial charge >= 0.3 is 0 Å². The first kappa shape index (κ1) is 22.7. The number of non-ortho nitro benzene ring substituents is 1. The first-order valence-electron chi connectivity index (χ1n) is 9.33. The second-order valence-electron chi connectivity index (χ2n) is 6.73. The van der Waals surface area contributed by atoms with Crippen molar-refractivity contribution in [3.05, 3.63) is 64.2 Å². The molecule has 0 saturated carbocycles. The number of ether oxygens (including phenoxy) is 1. The van der Waals surface area contributed by atoms with Crippen LogP contribution in [0.15, 0.2) is 53.4 Å². The number of benzene rings is 2. The highest BCUT2D eigenvalue weighted by atomic mass is 32.2. The topological polar surface area (TPSA) is 140 Å². The van der Waals surface area contributed by atoms with Crippen LogP contribution in [0.2, 0.25) is 0 Å². The third-order valence-corrected chi connectivity index (χ3v) is 6.14. The van der Waals surface area contributed by atoms with Crippen molar-refractivity contribution >= 4 is 44.6 Å². The molecule has 0 aliphatic carbocycles. The fourth-order valence-corrected chi connectivity index (χ4v) is 4.18. The van der Waals surface area contributed by atoms with Crippen LogP contribution in [-0.2, 0) is 14.8 Å². The third-order valence-electron chi connectivity index (χ3n) is 4.49. The van der Waals surface area contributed by atoms with E-state index in [0.29, 0.717) is 12.3 Å². The molecule has 164 valence electrons. The van der Waals surface area contributed by atoms with Gasteiger partial charge in [0.2, 0.25) is 10.0 Å². The van der Waals surface area contributed by atoms with Crippen molar-refractivity contribution < 1.29 is 22.9 Å². The summed E-state index contributed by atoms with van der Waals surface area (Å²) in [5.41, 5.74) is 0.330. The Morgan fingerprint density at radius 1 is 1.23 bits per heavy atom. The monoisotopic (exact) mass is 464 g/mol. The van der Waals surface area contributed by atoms with Gasteiger partial charge in [0.1, 0.15) is 0 Å². The number of thiocarbonyl (C=S) groups is 1. The smallest absolute Gasteiger partial charge is 0.270 e. The molecule has 2 aromatic rings. The van der Waals surface area contributed by atoms with Crippen molar-refractivity contribution in [3.63, 3.8) is 0 Å². The van der Waals surface area contributed by atoms with Gasteiger partial charge in [0.05, 0.1) is 15.9 Å². The SMILES string of the molecule is O=C(NC(=S)Nc1ccc(S(=O)(=O)NCC2CCCO2)cc1)c1cccc([N+](=O)[O-])c1. The molecule has 1 saturated heterocycles. The Morgan fingerprint density at radius 2 is 1.97 bits per heavy atom. The number of nitrogens with one attached hydrogen (secondary N) is 3. The molecule has 3 N–H and O–H groups in total. The van der Waals surface area contributed by atoms with Crippen molar-refractivity contribution in [3.8, 4) is 0 Å². The molecule has 0 bridgehead atoms. The van der Waals surface area contributed by atoms with E-state index in [1.165, 1.54) is 42.5 Å². The maximum atomic E-state index is 12.4. The van der Waals surface area contributed by atoms with Gasteiger partial charge in [-0.15, -0.1) is 0 Å². The van der Waals surface area contributed by atoms with E-state index < -0.39 is 20.9 Å². The standard InChI is InChI=1S/C19H20N4O6S2/c24-18(13-3-1-4-15(11-13)23(25)26)22-19(30)21-14-6-8-17(9-7-14)31(27,28)20-12-16-5-2-10-29-16/h1,3-4,6-9,11,16,20H,2,5,10,12H2,(H2,21,22,24,30). The van der Waals surface area contributed by atoms with Crippen molar-refractivity contribution in [2.45, 2.75) is 23.8 Å². The minimum Gasteiger partial charge on any atom is -0.377 e. The molecule has 3 rings (SSSR count). The Kier molecular flexibility index (Phi) is 7.28. The number of carbonyl (C=O) groups excluding carboxylic acids is 1. The number of nitrogens with zero attached hydrogens (tertiary/aromatic N) is 1. The average Bonchev–Trinajstić information content (AvgIpc) is 3.26. The molecule has 0 aromatic heterocycles. The quantitative estimate of drug-likeness (QED) is 0.322. The minimum absolute atomic E-state index is 0.0383. The molecule has 10 nitrogen and oxygen atoms in total. The number of sulfonamides is 1. The summed E-state index contributed by atoms with van der Waals surface area (Å²) >= 11 is 5.08. The maximum absolute atomic E-state index is 12.4. The van der Waals surface area contributed by atoms with E-state index >= 15 is 0 Å². The zero-order chi connectivity index (χ0) is 22.4. The summed E-state index contributed by atoms with van der Waals surface area (Å²) in [6.45, 7) is 0.862. The van der Waals surface area contributed by atoms with Crippen LogP contribution in [0.1, 0.15) is 23.2 Å². The number of amides is 1. The minimum atomic E-state index is -3.67. The summed E-state index contributed by atoms with van der Waals surface area (Å²) in [6, 6.07) is 11.1. The van der Waals surface area contributed by atoms with Crippen LogP contribution >= 0.6 is 12.2 Å². The van der Waals surface area contributed by atoms with Crippen LogP contribution < -0.4 is 15.4 Å². The number of nitro benzene ring substituents is 1. The van der Waals surface area contributed by atoms with E-state index in [2.05, 4.69) is 15.4 Å². The molecule has 0 radical (unpaired) electrons. The lowest BCUT2D eigenvalue weighted by atomic mass is 10.2. The molecule has 1 amide bonds. The Labute approximate surface area is 184 Å². The normalized spacial score (nSPS) is 15.9. The van der Waals surface area contributed by atoms with E-state index in [1.54, 1.807) is 0 Å². The summed E-state index contributed by atoms with van der Waals surface area (Å²) < 4.78 is 32.7. The van der Waals surface area contributed by atoms with Gasteiger partial charge < -0.3 is 10.1 Å². The third kappa shape index (κ3) is 6.28. The first-order chi connectivity index (χ1) is 14.7. The molecule has 1 aliphatic rings. The number of anilines is 1. The number of rotatable bonds is 7. The summed E-state index contributed by atoms with van der Waals surface area (Å²) in [4.78, 5) is 22.5. The summed E-state index contributed by atoms with van der Waals surface area (Å²) in [5, 5.41) is 16.0.